The van der Waals surface area contributed by atoms with E-state index in [1.54, 1.807) is 0 Å². The quantitative estimate of drug-likeness (QED) is 0.146. The molecule has 4 aromatic carbocycles. The van der Waals surface area contributed by atoms with E-state index in [1.165, 1.54) is 23.1 Å². The van der Waals surface area contributed by atoms with Crippen molar-refractivity contribution in [1.82, 2.24) is 0 Å². The summed E-state index contributed by atoms with van der Waals surface area (Å²) in [6.45, 7) is 0.671. The number of allylic oxidation sites excluding steroid dienone is 1. The van der Waals surface area contributed by atoms with Gasteiger partial charge in [0.2, 0.25) is 5.52 Å². The molecule has 2 heterocycles. The van der Waals surface area contributed by atoms with E-state index in [2.05, 4.69) is 0 Å². The Morgan fingerprint density at radius 1 is 0.909 bits per heavy atom. The van der Waals surface area contributed by atoms with Crippen molar-refractivity contribution >= 4 is 86.9 Å². The highest BCUT2D eigenvalue weighted by Crippen LogP contribution is 2.49. The first-order chi connectivity index (χ1) is 21.0. The Morgan fingerprint density at radius 3 is 2.32 bits per heavy atom. The van der Waals surface area contributed by atoms with Crippen LogP contribution in [0.4, 0.5) is 5.69 Å². The van der Waals surface area contributed by atoms with Gasteiger partial charge in [0.1, 0.15) is 4.70 Å². The zero-order valence-electron chi connectivity index (χ0n) is 23.4. The van der Waals surface area contributed by atoms with Crippen LogP contribution in [0.15, 0.2) is 94.5 Å². The molecule has 1 aliphatic rings. The second-order valence-electron chi connectivity index (χ2n) is 10.5. The van der Waals surface area contributed by atoms with Gasteiger partial charge >= 0.3 is 0 Å². The maximum atomic E-state index is 11.5. The first kappa shape index (κ1) is 30.6. The molecule has 44 heavy (non-hydrogen) atoms. The molecule has 0 radical (unpaired) electrons. The Balaban J connectivity index is 1.41. The van der Waals surface area contributed by atoms with Gasteiger partial charge in [-0.25, -0.2) is 8.42 Å². The molecular formula is C31H29N3O6S4. The molecule has 0 aliphatic carbocycles. The molecule has 0 unspecified atom stereocenters. The molecular weight excluding hydrogens is 639 g/mol. The zero-order valence-corrected chi connectivity index (χ0v) is 26.7. The average molecular weight is 668 g/mol. The highest BCUT2D eigenvalue weighted by atomic mass is 32.2. The molecule has 9 nitrogen and oxygen atoms in total. The molecule has 0 saturated carbocycles. The van der Waals surface area contributed by atoms with Gasteiger partial charge in [-0.3, -0.25) is 4.55 Å². The number of hydrogen-bond donors (Lipinski definition) is 2. The lowest BCUT2D eigenvalue weighted by Gasteiger charge is -2.22. The molecule has 13 heteroatoms. The molecule has 0 spiro atoms. The van der Waals surface area contributed by atoms with Crippen LogP contribution in [-0.4, -0.2) is 44.0 Å². The molecule has 6 rings (SSSR count). The zero-order chi connectivity index (χ0) is 31.1. The van der Waals surface area contributed by atoms with Crippen molar-refractivity contribution in [2.45, 2.75) is 24.3 Å². The van der Waals surface area contributed by atoms with E-state index in [9.17, 15) is 25.9 Å². The second kappa shape index (κ2) is 12.1. The highest BCUT2D eigenvalue weighted by Gasteiger charge is 2.28. The van der Waals surface area contributed by atoms with E-state index < -0.39 is 26.0 Å². The third-order valence-electron chi connectivity index (χ3n) is 7.37. The Hall–Kier alpha value is -3.46. The summed E-state index contributed by atoms with van der Waals surface area (Å²) in [7, 11) is -8.48. The lowest BCUT2D eigenvalue weighted by molar-refractivity contribution is -0.667. The summed E-state index contributed by atoms with van der Waals surface area (Å²) in [5, 5.41) is 5.75. The number of anilines is 1. The average Bonchev–Trinajstić information content (AvgIpc) is 3.49. The van der Waals surface area contributed by atoms with E-state index in [0.717, 1.165) is 52.4 Å². The Morgan fingerprint density at radius 2 is 1.59 bits per heavy atom. The molecule has 0 atom stereocenters. The summed E-state index contributed by atoms with van der Waals surface area (Å²) in [6, 6.07) is 24.1. The maximum absolute atomic E-state index is 11.5. The number of benzene rings is 4. The van der Waals surface area contributed by atoms with Crippen LogP contribution < -0.4 is 15.2 Å². The molecule has 5 aromatic rings. The highest BCUT2D eigenvalue weighted by molar-refractivity contribution is 8.03. The van der Waals surface area contributed by atoms with Crippen LogP contribution in [-0.2, 0) is 26.8 Å². The number of thiazole rings is 1. The molecule has 1 aliphatic heterocycles. The maximum Gasteiger partial charge on any atom is 0.264 e. The minimum absolute atomic E-state index is 0.160. The van der Waals surface area contributed by atoms with Crippen LogP contribution in [0, 0.1) is 0 Å². The Bertz CT molecular complexity index is 2190. The molecule has 3 N–H and O–H groups in total. The predicted molar refractivity (Wildman–Crippen MR) is 177 cm³/mol. The number of thioether (sulfide) groups is 1. The molecule has 228 valence electrons. The first-order valence-electron chi connectivity index (χ1n) is 13.9. The van der Waals surface area contributed by atoms with Crippen molar-refractivity contribution < 1.29 is 30.5 Å². The number of hydrogen-bond acceptors (Lipinski definition) is 9. The van der Waals surface area contributed by atoms with Crippen molar-refractivity contribution in [3.8, 4) is 0 Å². The third-order valence-corrected chi connectivity index (χ3v) is 11.2. The summed E-state index contributed by atoms with van der Waals surface area (Å²) in [6.07, 6.45) is 4.07. The molecule has 1 aromatic heterocycles. The van der Waals surface area contributed by atoms with E-state index >= 15 is 0 Å². The number of rotatable bonds is 10. The van der Waals surface area contributed by atoms with Crippen LogP contribution >= 0.6 is 23.1 Å². The number of nitrogens with two attached hydrogens (primary N) is 1. The van der Waals surface area contributed by atoms with Gasteiger partial charge in [0.05, 0.1) is 32.0 Å². The summed E-state index contributed by atoms with van der Waals surface area (Å²) >= 11 is 3.06. The smallest absolute Gasteiger partial charge is 0.264 e. The van der Waals surface area contributed by atoms with Gasteiger partial charge in [-0.15, -0.1) is 0 Å². The molecule has 0 bridgehead atoms. The molecule has 0 saturated heterocycles. The number of nitrogens with zero attached hydrogens (tertiary/aromatic N) is 2. The first-order valence-corrected chi connectivity index (χ1v) is 18.7. The Labute approximate surface area is 263 Å². The van der Waals surface area contributed by atoms with Crippen molar-refractivity contribution in [3.05, 3.63) is 94.6 Å². The molecule has 0 fully saturated rings. The predicted octanol–water partition coefficient (Wildman–Crippen LogP) is 5.46. The van der Waals surface area contributed by atoms with E-state index in [0.29, 0.717) is 18.8 Å². The minimum Gasteiger partial charge on any atom is -0.748 e. The fourth-order valence-corrected chi connectivity index (χ4v) is 8.85. The van der Waals surface area contributed by atoms with E-state index in [1.807, 2.05) is 94.4 Å². The number of fused-ring (bicyclic) bond motifs is 6. The van der Waals surface area contributed by atoms with Gasteiger partial charge in [0, 0.05) is 40.8 Å². The lowest BCUT2D eigenvalue weighted by atomic mass is 10.1. The van der Waals surface area contributed by atoms with Gasteiger partial charge in [-0.1, -0.05) is 77.7 Å². The van der Waals surface area contributed by atoms with Crippen LogP contribution in [0.2, 0.25) is 0 Å². The van der Waals surface area contributed by atoms with E-state index in [-0.39, 0.29) is 18.6 Å². The van der Waals surface area contributed by atoms with Crippen LogP contribution in [0.5, 0.6) is 0 Å². The Kier molecular flexibility index (Phi) is 8.44. The normalized spacial score (nSPS) is 15.2. The standard InChI is InChI=1S/C31H29N3O6S4/c32-23(19-28-33(15-5-17-43(35,36)37)30-24-9-3-1-7-21(24)11-13-26(30)41-28)20-29-34(16-6-18-44(38,39)40)31-25-10-4-2-8-22(25)12-14-27(31)42-29/h1-4,7-14,19-20,32H,5-6,15-18H2,(H2,35,36,37,38,39,40). The van der Waals surface area contributed by atoms with E-state index in [4.69, 9.17) is 5.73 Å². The van der Waals surface area contributed by atoms with Gasteiger partial charge < -0.3 is 15.2 Å². The van der Waals surface area contributed by atoms with Gasteiger partial charge in [-0.2, -0.15) is 13.0 Å². The summed E-state index contributed by atoms with van der Waals surface area (Å²) < 4.78 is 69.4. The third kappa shape index (κ3) is 6.63. The minimum atomic E-state index is -4.36. The SMILES string of the molecule is NC(=Cc1sc2ccc3ccccc3c2[n+]1CCCS(=O)(=O)[O-])C=C1Sc2ccc3ccccc3c2N1CCCS(=O)(=O)O. The monoisotopic (exact) mass is 667 g/mol. The fourth-order valence-electron chi connectivity index (χ4n) is 5.54. The van der Waals surface area contributed by atoms with Gasteiger partial charge in [0.15, 0.2) is 6.54 Å². The van der Waals surface area contributed by atoms with Crippen LogP contribution in [0.25, 0.3) is 37.8 Å². The largest absolute Gasteiger partial charge is 0.748 e. The summed E-state index contributed by atoms with van der Waals surface area (Å²) in [5.41, 5.74) is 9.01. The van der Waals surface area contributed by atoms with Crippen LogP contribution in [0.1, 0.15) is 17.8 Å². The van der Waals surface area contributed by atoms with Gasteiger partial charge in [0.25, 0.3) is 15.1 Å². The number of aryl methyl sites for hydroxylation is 1. The topological polar surface area (TPSA) is 145 Å². The van der Waals surface area contributed by atoms with Crippen molar-refractivity contribution in [2.24, 2.45) is 5.73 Å². The van der Waals surface area contributed by atoms with Crippen molar-refractivity contribution in [3.63, 3.8) is 0 Å². The molecule has 0 amide bonds. The van der Waals surface area contributed by atoms with Crippen molar-refractivity contribution in [1.29, 1.82) is 0 Å². The second-order valence-corrected chi connectivity index (χ2v) is 15.7. The number of aromatic nitrogens is 1. The van der Waals surface area contributed by atoms with Crippen molar-refractivity contribution in [2.75, 3.05) is 23.0 Å². The summed E-state index contributed by atoms with van der Waals surface area (Å²) in [5.74, 6) is -0.826. The fraction of sp³-hybridized carbons (Fsp3) is 0.194. The summed E-state index contributed by atoms with van der Waals surface area (Å²) in [4.78, 5) is 3.05. The van der Waals surface area contributed by atoms with Gasteiger partial charge in [-0.05, 0) is 41.5 Å². The lowest BCUT2D eigenvalue weighted by Crippen LogP contribution is -2.36. The van der Waals surface area contributed by atoms with Crippen LogP contribution in [0.3, 0.4) is 0 Å².